The third-order valence-corrected chi connectivity index (χ3v) is 3.21. The summed E-state index contributed by atoms with van der Waals surface area (Å²) in [4.78, 5) is 12.1. The fraction of sp³-hybridized carbons (Fsp3) is 0.0625. The highest BCUT2D eigenvalue weighted by atomic mass is 16.3. The van der Waals surface area contributed by atoms with Crippen molar-refractivity contribution in [2.24, 2.45) is 0 Å². The molecule has 0 radical (unpaired) electrons. The van der Waals surface area contributed by atoms with Crippen LogP contribution in [0.2, 0.25) is 0 Å². The van der Waals surface area contributed by atoms with Crippen LogP contribution in [0, 0.1) is 6.92 Å². The molecule has 5 heteroatoms. The number of hydrogen-bond donors (Lipinski definition) is 3. The molecule has 3 aromatic rings. The van der Waals surface area contributed by atoms with Crippen LogP contribution in [0.15, 0.2) is 45.6 Å². The van der Waals surface area contributed by atoms with Gasteiger partial charge in [-0.15, -0.1) is 0 Å². The molecule has 2 aromatic carbocycles. The molecule has 0 atom stereocenters. The van der Waals surface area contributed by atoms with Crippen LogP contribution in [0.25, 0.3) is 22.3 Å². The molecule has 0 bridgehead atoms. The van der Waals surface area contributed by atoms with Crippen molar-refractivity contribution >= 4 is 11.0 Å². The normalized spacial score (nSPS) is 10.9. The summed E-state index contributed by atoms with van der Waals surface area (Å²) in [6.45, 7) is 1.78. The molecule has 0 unspecified atom stereocenters. The van der Waals surface area contributed by atoms with E-state index in [2.05, 4.69) is 0 Å². The Hall–Kier alpha value is -2.95. The highest BCUT2D eigenvalue weighted by Gasteiger charge is 2.12. The van der Waals surface area contributed by atoms with Crippen LogP contribution in [0.1, 0.15) is 5.56 Å². The monoisotopic (exact) mass is 284 g/mol. The van der Waals surface area contributed by atoms with Crippen molar-refractivity contribution in [3.05, 3.63) is 52.2 Å². The lowest BCUT2D eigenvalue weighted by Crippen LogP contribution is -2.01. The van der Waals surface area contributed by atoms with Gasteiger partial charge in [-0.05, 0) is 42.8 Å². The maximum Gasteiger partial charge on any atom is 0.197 e. The van der Waals surface area contributed by atoms with Crippen molar-refractivity contribution in [3.8, 4) is 28.6 Å². The van der Waals surface area contributed by atoms with E-state index >= 15 is 0 Å². The quantitative estimate of drug-likeness (QED) is 0.598. The van der Waals surface area contributed by atoms with Gasteiger partial charge in [-0.3, -0.25) is 4.79 Å². The Kier molecular flexibility index (Phi) is 2.83. The maximum absolute atomic E-state index is 12.1. The first kappa shape index (κ1) is 13.1. The topological polar surface area (TPSA) is 90.9 Å². The molecule has 3 N–H and O–H groups in total. The van der Waals surface area contributed by atoms with E-state index in [0.717, 1.165) is 5.56 Å². The zero-order valence-electron chi connectivity index (χ0n) is 11.1. The van der Waals surface area contributed by atoms with E-state index in [0.29, 0.717) is 5.56 Å². The van der Waals surface area contributed by atoms with Crippen LogP contribution in [-0.4, -0.2) is 15.3 Å². The van der Waals surface area contributed by atoms with Crippen LogP contribution < -0.4 is 5.43 Å². The number of benzene rings is 2. The Labute approximate surface area is 119 Å². The fourth-order valence-corrected chi connectivity index (χ4v) is 2.22. The standard InChI is InChI=1S/C16H12O5/c1-8-4-12(19)16-13(20)7-14(21-15(16)5-8)9-2-3-10(17)11(18)6-9/h2-7,17-19H,1H3. The Morgan fingerprint density at radius 1 is 0.905 bits per heavy atom. The molecule has 0 aliphatic rings. The summed E-state index contributed by atoms with van der Waals surface area (Å²) in [5, 5.41) is 28.8. The van der Waals surface area contributed by atoms with Crippen LogP contribution in [0.4, 0.5) is 0 Å². The van der Waals surface area contributed by atoms with Gasteiger partial charge in [-0.2, -0.15) is 0 Å². The summed E-state index contributed by atoms with van der Waals surface area (Å²) < 4.78 is 5.63. The molecule has 5 nitrogen and oxygen atoms in total. The van der Waals surface area contributed by atoms with Crippen molar-refractivity contribution in [1.82, 2.24) is 0 Å². The zero-order valence-corrected chi connectivity index (χ0v) is 11.1. The van der Waals surface area contributed by atoms with Crippen molar-refractivity contribution < 1.29 is 19.7 Å². The zero-order chi connectivity index (χ0) is 15.1. The van der Waals surface area contributed by atoms with Gasteiger partial charge in [-0.1, -0.05) is 0 Å². The Morgan fingerprint density at radius 3 is 2.38 bits per heavy atom. The van der Waals surface area contributed by atoms with Crippen molar-refractivity contribution in [1.29, 1.82) is 0 Å². The second-order valence-corrected chi connectivity index (χ2v) is 4.84. The molecule has 0 saturated carbocycles. The minimum absolute atomic E-state index is 0.118. The lowest BCUT2D eigenvalue weighted by molar-refractivity contribution is 0.404. The minimum Gasteiger partial charge on any atom is -0.507 e. The number of fused-ring (bicyclic) bond motifs is 1. The second kappa shape index (κ2) is 4.56. The number of aromatic hydroxyl groups is 3. The molecule has 0 spiro atoms. The van der Waals surface area contributed by atoms with E-state index in [4.69, 9.17) is 4.42 Å². The van der Waals surface area contributed by atoms with Crippen LogP contribution in [0.3, 0.4) is 0 Å². The van der Waals surface area contributed by atoms with Gasteiger partial charge in [0.05, 0.1) is 0 Å². The van der Waals surface area contributed by atoms with Gasteiger partial charge in [0.2, 0.25) is 0 Å². The number of phenols is 3. The average Bonchev–Trinajstić information content (AvgIpc) is 2.40. The van der Waals surface area contributed by atoms with Crippen LogP contribution in [0.5, 0.6) is 17.2 Å². The average molecular weight is 284 g/mol. The van der Waals surface area contributed by atoms with Gasteiger partial charge >= 0.3 is 0 Å². The largest absolute Gasteiger partial charge is 0.507 e. The summed E-state index contributed by atoms with van der Waals surface area (Å²) in [6.07, 6.45) is 0. The second-order valence-electron chi connectivity index (χ2n) is 4.84. The molecule has 0 fully saturated rings. The van der Waals surface area contributed by atoms with E-state index in [-0.39, 0.29) is 39.4 Å². The Morgan fingerprint density at radius 2 is 1.67 bits per heavy atom. The number of aryl methyl sites for hydroxylation is 1. The van der Waals surface area contributed by atoms with Crippen molar-refractivity contribution in [2.75, 3.05) is 0 Å². The first-order valence-corrected chi connectivity index (χ1v) is 6.25. The minimum atomic E-state index is -0.378. The van der Waals surface area contributed by atoms with E-state index in [9.17, 15) is 20.1 Å². The van der Waals surface area contributed by atoms with Gasteiger partial charge in [0, 0.05) is 11.6 Å². The molecule has 1 heterocycles. The lowest BCUT2D eigenvalue weighted by atomic mass is 10.1. The highest BCUT2D eigenvalue weighted by molar-refractivity contribution is 5.85. The first-order chi connectivity index (χ1) is 9.95. The molecule has 21 heavy (non-hydrogen) atoms. The molecule has 1 aromatic heterocycles. The summed E-state index contributed by atoms with van der Waals surface area (Å²) in [5.74, 6) is -0.440. The SMILES string of the molecule is Cc1cc(O)c2c(=O)cc(-c3ccc(O)c(O)c3)oc2c1. The maximum atomic E-state index is 12.1. The molecular formula is C16H12O5. The fourth-order valence-electron chi connectivity index (χ4n) is 2.22. The summed E-state index contributed by atoms with van der Waals surface area (Å²) in [7, 11) is 0. The van der Waals surface area contributed by atoms with Crippen molar-refractivity contribution in [2.45, 2.75) is 6.92 Å². The third kappa shape index (κ3) is 2.18. The predicted octanol–water partition coefficient (Wildman–Crippen LogP) is 2.89. The summed E-state index contributed by atoms with van der Waals surface area (Å²) in [6, 6.07) is 8.52. The number of phenolic OH excluding ortho intramolecular Hbond substituents is 3. The number of hydrogen-bond acceptors (Lipinski definition) is 5. The van der Waals surface area contributed by atoms with Gasteiger partial charge in [0.15, 0.2) is 16.9 Å². The molecule has 3 rings (SSSR count). The number of rotatable bonds is 1. The van der Waals surface area contributed by atoms with Gasteiger partial charge < -0.3 is 19.7 Å². The van der Waals surface area contributed by atoms with E-state index in [1.165, 1.54) is 30.3 Å². The molecule has 0 amide bonds. The van der Waals surface area contributed by atoms with Gasteiger partial charge in [0.1, 0.15) is 22.5 Å². The van der Waals surface area contributed by atoms with E-state index in [1.807, 2.05) is 0 Å². The highest BCUT2D eigenvalue weighted by Crippen LogP contribution is 2.32. The third-order valence-electron chi connectivity index (χ3n) is 3.21. The predicted molar refractivity (Wildman–Crippen MR) is 77.7 cm³/mol. The molecule has 0 aliphatic carbocycles. The molecule has 0 aliphatic heterocycles. The summed E-state index contributed by atoms with van der Waals surface area (Å²) >= 11 is 0. The molecular weight excluding hydrogens is 272 g/mol. The first-order valence-electron chi connectivity index (χ1n) is 6.25. The molecule has 0 saturated heterocycles. The van der Waals surface area contributed by atoms with Gasteiger partial charge in [-0.25, -0.2) is 0 Å². The smallest absolute Gasteiger partial charge is 0.197 e. The van der Waals surface area contributed by atoms with Crippen molar-refractivity contribution in [3.63, 3.8) is 0 Å². The molecule has 106 valence electrons. The summed E-state index contributed by atoms with van der Waals surface area (Å²) in [5.41, 5.74) is 1.10. The van der Waals surface area contributed by atoms with Gasteiger partial charge in [0.25, 0.3) is 0 Å². The van der Waals surface area contributed by atoms with Crippen LogP contribution >= 0.6 is 0 Å². The Bertz CT molecular complexity index is 908. The lowest BCUT2D eigenvalue weighted by Gasteiger charge is -2.06. The van der Waals surface area contributed by atoms with E-state index in [1.54, 1.807) is 13.0 Å². The van der Waals surface area contributed by atoms with Crippen LogP contribution in [-0.2, 0) is 0 Å². The Balaban J connectivity index is 2.29. The van der Waals surface area contributed by atoms with E-state index < -0.39 is 0 Å².